The molecule has 15 heavy (non-hydrogen) atoms. The Morgan fingerprint density at radius 2 is 2.27 bits per heavy atom. The van der Waals surface area contributed by atoms with E-state index >= 15 is 0 Å². The van der Waals surface area contributed by atoms with Gasteiger partial charge in [0.15, 0.2) is 0 Å². The average molecular weight is 228 g/mol. The van der Waals surface area contributed by atoms with Gasteiger partial charge in [-0.15, -0.1) is 0 Å². The van der Waals surface area contributed by atoms with Gasteiger partial charge < -0.3 is 5.32 Å². The number of benzene rings is 1. The summed E-state index contributed by atoms with van der Waals surface area (Å²) in [5.41, 5.74) is 0.456. The summed E-state index contributed by atoms with van der Waals surface area (Å²) >= 11 is 5.86. The first-order chi connectivity index (χ1) is 7.25. The zero-order valence-corrected chi connectivity index (χ0v) is 9.52. The van der Waals surface area contributed by atoms with Crippen LogP contribution in [0.1, 0.15) is 18.9 Å². The number of hydrogen-bond donors (Lipinski definition) is 1. The lowest BCUT2D eigenvalue weighted by atomic mass is 10.2. The van der Waals surface area contributed by atoms with Gasteiger partial charge in [-0.05, 0) is 25.1 Å². The molecule has 0 radical (unpaired) electrons. The van der Waals surface area contributed by atoms with E-state index in [1.807, 2.05) is 6.08 Å². The highest BCUT2D eigenvalue weighted by molar-refractivity contribution is 6.32. The Hall–Kier alpha value is -0.860. The third-order valence-electron chi connectivity index (χ3n) is 1.97. The summed E-state index contributed by atoms with van der Waals surface area (Å²) in [6.07, 6.45) is 4.68. The quantitative estimate of drug-likeness (QED) is 0.760. The van der Waals surface area contributed by atoms with Gasteiger partial charge in [-0.3, -0.25) is 0 Å². The molecule has 0 amide bonds. The summed E-state index contributed by atoms with van der Waals surface area (Å²) in [5, 5.41) is 3.64. The molecule has 0 aliphatic carbocycles. The maximum Gasteiger partial charge on any atom is 0.131 e. The van der Waals surface area contributed by atoms with Gasteiger partial charge in [0.05, 0.1) is 5.02 Å². The van der Waals surface area contributed by atoms with E-state index in [0.717, 1.165) is 19.5 Å². The van der Waals surface area contributed by atoms with E-state index in [2.05, 4.69) is 12.2 Å². The number of rotatable bonds is 5. The third kappa shape index (κ3) is 4.02. The molecule has 1 nitrogen and oxygen atoms in total. The predicted molar refractivity (Wildman–Crippen MR) is 63.6 cm³/mol. The summed E-state index contributed by atoms with van der Waals surface area (Å²) in [6.45, 7) is 3.80. The standard InChI is InChI=1S/C12H15ClFN/c1-2-8-15-9-4-5-10-11(13)6-3-7-12(10)14/h3-7,15H,2,8-9H2,1H3. The van der Waals surface area contributed by atoms with Crippen LogP contribution in [0.4, 0.5) is 4.39 Å². The van der Waals surface area contributed by atoms with Gasteiger partial charge in [-0.25, -0.2) is 4.39 Å². The fourth-order valence-electron chi connectivity index (χ4n) is 1.21. The van der Waals surface area contributed by atoms with Crippen molar-refractivity contribution in [1.82, 2.24) is 5.32 Å². The van der Waals surface area contributed by atoms with Crippen LogP contribution in [0.15, 0.2) is 24.3 Å². The summed E-state index contributed by atoms with van der Waals surface area (Å²) in [6, 6.07) is 4.69. The molecule has 1 aromatic carbocycles. The van der Waals surface area contributed by atoms with Crippen LogP contribution >= 0.6 is 11.6 Å². The number of hydrogen-bond acceptors (Lipinski definition) is 1. The molecule has 0 unspecified atom stereocenters. The first-order valence-electron chi connectivity index (χ1n) is 5.07. The Morgan fingerprint density at radius 3 is 2.93 bits per heavy atom. The van der Waals surface area contributed by atoms with Gasteiger partial charge in [-0.2, -0.15) is 0 Å². The van der Waals surface area contributed by atoms with Crippen LogP contribution in [0.3, 0.4) is 0 Å². The van der Waals surface area contributed by atoms with Crippen LogP contribution in [0.2, 0.25) is 5.02 Å². The summed E-state index contributed by atoms with van der Waals surface area (Å²) in [4.78, 5) is 0. The van der Waals surface area contributed by atoms with E-state index in [-0.39, 0.29) is 5.82 Å². The summed E-state index contributed by atoms with van der Waals surface area (Å²) < 4.78 is 13.3. The van der Waals surface area contributed by atoms with Crippen LogP contribution < -0.4 is 5.32 Å². The van der Waals surface area contributed by atoms with Crippen molar-refractivity contribution in [3.8, 4) is 0 Å². The van der Waals surface area contributed by atoms with Crippen molar-refractivity contribution in [2.24, 2.45) is 0 Å². The zero-order valence-electron chi connectivity index (χ0n) is 8.76. The predicted octanol–water partition coefficient (Wildman–Crippen LogP) is 3.49. The van der Waals surface area contributed by atoms with E-state index in [0.29, 0.717) is 10.6 Å². The van der Waals surface area contributed by atoms with E-state index in [1.165, 1.54) is 6.07 Å². The number of nitrogens with one attached hydrogen (secondary N) is 1. The van der Waals surface area contributed by atoms with Crippen LogP contribution in [0.25, 0.3) is 6.08 Å². The van der Waals surface area contributed by atoms with Crippen molar-refractivity contribution in [2.75, 3.05) is 13.1 Å². The van der Waals surface area contributed by atoms with E-state index in [9.17, 15) is 4.39 Å². The Morgan fingerprint density at radius 1 is 1.47 bits per heavy atom. The fourth-order valence-corrected chi connectivity index (χ4v) is 1.43. The van der Waals surface area contributed by atoms with Crippen LogP contribution in [0.5, 0.6) is 0 Å². The minimum Gasteiger partial charge on any atom is -0.313 e. The Bertz CT molecular complexity index is 316. The highest BCUT2D eigenvalue weighted by Crippen LogP contribution is 2.19. The van der Waals surface area contributed by atoms with Crippen molar-refractivity contribution in [3.63, 3.8) is 0 Å². The SMILES string of the molecule is CCCNCC=Cc1c(F)cccc1Cl. The van der Waals surface area contributed by atoms with E-state index in [4.69, 9.17) is 11.6 Å². The van der Waals surface area contributed by atoms with Crippen molar-refractivity contribution < 1.29 is 4.39 Å². The maximum absolute atomic E-state index is 13.3. The highest BCUT2D eigenvalue weighted by atomic mass is 35.5. The molecule has 82 valence electrons. The lowest BCUT2D eigenvalue weighted by Gasteiger charge is -2.00. The maximum atomic E-state index is 13.3. The fraction of sp³-hybridized carbons (Fsp3) is 0.333. The molecule has 0 bridgehead atoms. The molecule has 0 heterocycles. The molecule has 0 atom stereocenters. The van der Waals surface area contributed by atoms with Gasteiger partial charge in [0.2, 0.25) is 0 Å². The molecule has 0 saturated carbocycles. The molecule has 0 aliphatic heterocycles. The molecule has 0 saturated heterocycles. The van der Waals surface area contributed by atoms with Gasteiger partial charge in [0, 0.05) is 12.1 Å². The topological polar surface area (TPSA) is 12.0 Å². The smallest absolute Gasteiger partial charge is 0.131 e. The van der Waals surface area contributed by atoms with Crippen molar-refractivity contribution in [3.05, 3.63) is 40.7 Å². The summed E-state index contributed by atoms with van der Waals surface area (Å²) in [5.74, 6) is -0.283. The molecule has 3 heteroatoms. The van der Waals surface area contributed by atoms with E-state index < -0.39 is 0 Å². The monoisotopic (exact) mass is 227 g/mol. The lowest BCUT2D eigenvalue weighted by molar-refractivity contribution is 0.625. The molecule has 0 aliphatic rings. The second-order valence-electron chi connectivity index (χ2n) is 3.24. The van der Waals surface area contributed by atoms with E-state index in [1.54, 1.807) is 18.2 Å². The molecular weight excluding hydrogens is 213 g/mol. The molecule has 1 aromatic rings. The van der Waals surface area contributed by atoms with Gasteiger partial charge in [0.1, 0.15) is 5.82 Å². The van der Waals surface area contributed by atoms with Gasteiger partial charge >= 0.3 is 0 Å². The largest absolute Gasteiger partial charge is 0.313 e. The second kappa shape index (κ2) is 6.59. The Kier molecular flexibility index (Phi) is 5.37. The molecule has 0 aromatic heterocycles. The molecular formula is C12H15ClFN. The summed E-state index contributed by atoms with van der Waals surface area (Å²) in [7, 11) is 0. The normalized spacial score (nSPS) is 11.1. The third-order valence-corrected chi connectivity index (χ3v) is 2.30. The Balaban J connectivity index is 2.56. The van der Waals surface area contributed by atoms with Crippen molar-refractivity contribution >= 4 is 17.7 Å². The minimum atomic E-state index is -0.283. The first-order valence-corrected chi connectivity index (χ1v) is 5.44. The lowest BCUT2D eigenvalue weighted by Crippen LogP contribution is -2.13. The van der Waals surface area contributed by atoms with Crippen LogP contribution in [-0.2, 0) is 0 Å². The van der Waals surface area contributed by atoms with Crippen LogP contribution in [-0.4, -0.2) is 13.1 Å². The molecule has 1 rings (SSSR count). The molecule has 0 spiro atoms. The second-order valence-corrected chi connectivity index (χ2v) is 3.65. The Labute approximate surface area is 95.0 Å². The zero-order chi connectivity index (χ0) is 11.1. The minimum absolute atomic E-state index is 0.283. The molecule has 1 N–H and O–H groups in total. The number of halogens is 2. The van der Waals surface area contributed by atoms with Gasteiger partial charge in [-0.1, -0.05) is 36.7 Å². The van der Waals surface area contributed by atoms with Crippen molar-refractivity contribution in [1.29, 1.82) is 0 Å². The first kappa shape index (κ1) is 12.2. The molecule has 0 fully saturated rings. The van der Waals surface area contributed by atoms with Crippen molar-refractivity contribution in [2.45, 2.75) is 13.3 Å². The van der Waals surface area contributed by atoms with Crippen LogP contribution in [0, 0.1) is 5.82 Å². The highest BCUT2D eigenvalue weighted by Gasteiger charge is 2.01. The average Bonchev–Trinajstić information content (AvgIpc) is 2.21. The van der Waals surface area contributed by atoms with Gasteiger partial charge in [0.25, 0.3) is 0 Å².